The number of aliphatic hydroxyl groups excluding tert-OH is 1. The minimum Gasteiger partial charge on any atom is -0.573 e. The Morgan fingerprint density at radius 1 is 1.00 bits per heavy atom. The summed E-state index contributed by atoms with van der Waals surface area (Å²) in [6, 6.07) is 0. The summed E-state index contributed by atoms with van der Waals surface area (Å²) >= 11 is 0. The third-order valence-electron chi connectivity index (χ3n) is 0. The fourth-order valence-electron chi connectivity index (χ4n) is 0. The van der Waals surface area contributed by atoms with Gasteiger partial charge in [-0.25, -0.2) is 0 Å². The standard InChI is InChI=1S/C2H5.CH4O.2CO.CH3.Mo/c4*1-2;;/h1H2,2H3;2H,1H3;;;1H3;/q-1;;3*-1;+4. The van der Waals surface area contributed by atoms with Crippen molar-refractivity contribution >= 4 is 13.6 Å². The molecular formula is C6H12MoO3. The van der Waals surface area contributed by atoms with E-state index in [-0.39, 0.29) is 28.5 Å². The summed E-state index contributed by atoms with van der Waals surface area (Å²) in [5.74, 6) is 0. The molecule has 0 rings (SSSR count). The molecule has 0 aromatic carbocycles. The molecule has 0 bridgehead atoms. The number of aliphatic hydroxyl groups is 1. The van der Waals surface area contributed by atoms with Gasteiger partial charge >= 0.3 is 21.1 Å². The zero-order chi connectivity index (χ0) is 8.00. The van der Waals surface area contributed by atoms with E-state index < -0.39 is 0 Å². The van der Waals surface area contributed by atoms with Gasteiger partial charge in [-0.1, -0.05) is 0 Å². The van der Waals surface area contributed by atoms with Crippen LogP contribution in [0.3, 0.4) is 0 Å². The van der Waals surface area contributed by atoms with Gasteiger partial charge in [0.1, 0.15) is 0 Å². The molecule has 0 unspecified atom stereocenters. The average molecular weight is 228 g/mol. The van der Waals surface area contributed by atoms with E-state index >= 15 is 0 Å². The SMILES string of the molecule is CO.[C-]=O.[C-]=O.[CH2-]C.[CH3-].[Mo+4]. The second-order valence-electron chi connectivity index (χ2n) is 0. The Bertz CT molecular complexity index is 15.0. The molecule has 0 fully saturated rings. The van der Waals surface area contributed by atoms with E-state index in [1.807, 2.05) is 0 Å². The van der Waals surface area contributed by atoms with Gasteiger partial charge in [-0.05, 0) is 0 Å². The number of rotatable bonds is 0. The summed E-state index contributed by atoms with van der Waals surface area (Å²) in [6.45, 7) is 14.0. The summed E-state index contributed by atoms with van der Waals surface area (Å²) in [5.41, 5.74) is 0. The first kappa shape index (κ1) is 50.7. The molecule has 0 aliphatic rings. The summed E-state index contributed by atoms with van der Waals surface area (Å²) in [6.07, 6.45) is 0. The van der Waals surface area contributed by atoms with Gasteiger partial charge in [-0.2, -0.15) is 6.92 Å². The second kappa shape index (κ2) is 4200000. The molecule has 0 aromatic heterocycles. The maximum atomic E-state index is 7.50. The predicted molar refractivity (Wildman–Crippen MR) is 37.0 cm³/mol. The van der Waals surface area contributed by atoms with Crippen LogP contribution in [0.5, 0.6) is 0 Å². The van der Waals surface area contributed by atoms with Crippen LogP contribution in [-0.2, 0) is 30.7 Å². The molecule has 0 amide bonds. The van der Waals surface area contributed by atoms with Gasteiger partial charge in [-0.3, -0.25) is 0 Å². The van der Waals surface area contributed by atoms with E-state index in [1.165, 1.54) is 0 Å². The van der Waals surface area contributed by atoms with Crippen molar-refractivity contribution in [2.24, 2.45) is 0 Å². The van der Waals surface area contributed by atoms with Crippen molar-refractivity contribution in [1.82, 2.24) is 0 Å². The van der Waals surface area contributed by atoms with Gasteiger partial charge < -0.3 is 42.6 Å². The minimum absolute atomic E-state index is 0. The van der Waals surface area contributed by atoms with Gasteiger partial charge in [0.15, 0.2) is 0 Å². The molecule has 10 heavy (non-hydrogen) atoms. The quantitative estimate of drug-likeness (QED) is 0.472. The van der Waals surface area contributed by atoms with Crippen LogP contribution in [0.4, 0.5) is 0 Å². The Hall–Kier alpha value is -0.0117. The number of hydrogen-bond donors (Lipinski definition) is 1. The summed E-state index contributed by atoms with van der Waals surface area (Å²) in [5, 5.41) is 7.00. The Morgan fingerprint density at radius 3 is 1.00 bits per heavy atom. The molecule has 2 radical (unpaired) electrons. The van der Waals surface area contributed by atoms with Crippen molar-refractivity contribution in [3.63, 3.8) is 0 Å². The van der Waals surface area contributed by atoms with E-state index in [4.69, 9.17) is 14.7 Å². The molecule has 0 aliphatic carbocycles. The van der Waals surface area contributed by atoms with E-state index in [1.54, 1.807) is 6.92 Å². The molecule has 0 spiro atoms. The predicted octanol–water partition coefficient (Wildman–Crippen LogP) is 0.102. The fourth-order valence-corrected chi connectivity index (χ4v) is 0. The molecule has 0 atom stereocenters. The molecular weight excluding hydrogens is 216 g/mol. The Balaban J connectivity index is -0.00000000500. The molecule has 1 N–H and O–H groups in total. The molecule has 4 heteroatoms. The first-order valence-electron chi connectivity index (χ1n) is 1.56. The summed E-state index contributed by atoms with van der Waals surface area (Å²) < 4.78 is 0. The van der Waals surface area contributed by atoms with Crippen LogP contribution >= 0.6 is 0 Å². The molecule has 60 valence electrons. The van der Waals surface area contributed by atoms with Gasteiger partial charge in [-0.15, -0.1) is 0 Å². The van der Waals surface area contributed by atoms with Crippen LogP contribution < -0.4 is 0 Å². The van der Waals surface area contributed by atoms with Gasteiger partial charge in [0.05, 0.1) is 0 Å². The van der Waals surface area contributed by atoms with Crippen molar-refractivity contribution in [3.05, 3.63) is 14.4 Å². The second-order valence-corrected chi connectivity index (χ2v) is 0. The van der Waals surface area contributed by atoms with Crippen LogP contribution in [0.25, 0.3) is 0 Å². The van der Waals surface area contributed by atoms with Gasteiger partial charge in [0.25, 0.3) is 0 Å². The smallest absolute Gasteiger partial charge is 0.573 e. The Kier molecular flexibility index (Phi) is 21300000. The van der Waals surface area contributed by atoms with E-state index in [9.17, 15) is 0 Å². The summed E-state index contributed by atoms with van der Waals surface area (Å²) in [7, 11) is 1.00. The van der Waals surface area contributed by atoms with Crippen molar-refractivity contribution < 1.29 is 35.8 Å². The monoisotopic (exact) mass is 230 g/mol. The van der Waals surface area contributed by atoms with Crippen LogP contribution in [-0.4, -0.2) is 25.8 Å². The average Bonchev–Trinajstić information content (AvgIpc) is 2.03. The maximum absolute atomic E-state index is 7.50. The van der Waals surface area contributed by atoms with E-state index in [0.29, 0.717) is 0 Å². The third kappa shape index (κ3) is 2860000. The van der Waals surface area contributed by atoms with Crippen molar-refractivity contribution in [2.45, 2.75) is 6.92 Å². The minimum atomic E-state index is 0. The number of hydrogen-bond acceptors (Lipinski definition) is 3. The van der Waals surface area contributed by atoms with E-state index in [2.05, 4.69) is 20.5 Å². The normalized spacial score (nSPS) is 2.00. The van der Waals surface area contributed by atoms with Crippen LogP contribution in [0.1, 0.15) is 6.92 Å². The van der Waals surface area contributed by atoms with Crippen molar-refractivity contribution in [2.75, 3.05) is 7.11 Å². The Morgan fingerprint density at radius 2 is 1.00 bits per heavy atom. The van der Waals surface area contributed by atoms with Gasteiger partial charge in [0, 0.05) is 7.11 Å². The van der Waals surface area contributed by atoms with Crippen molar-refractivity contribution in [3.8, 4) is 0 Å². The molecule has 0 saturated heterocycles. The van der Waals surface area contributed by atoms with Crippen LogP contribution in [0.2, 0.25) is 0 Å². The van der Waals surface area contributed by atoms with Crippen molar-refractivity contribution in [1.29, 1.82) is 0 Å². The maximum Gasteiger partial charge on any atom is 4.00 e. The van der Waals surface area contributed by atoms with Gasteiger partial charge in [0.2, 0.25) is 0 Å². The third-order valence-corrected chi connectivity index (χ3v) is 0. The van der Waals surface area contributed by atoms with Crippen LogP contribution in [0, 0.1) is 14.4 Å². The summed E-state index contributed by atoms with van der Waals surface area (Å²) in [4.78, 5) is 15.0. The molecule has 0 heterocycles. The first-order valence-corrected chi connectivity index (χ1v) is 1.56. The zero-order valence-electron chi connectivity index (χ0n) is 6.38. The topological polar surface area (TPSA) is 54.4 Å². The first-order chi connectivity index (χ1) is 4.00. The fraction of sp³-hybridized carbons (Fsp3) is 0.333. The molecule has 3 nitrogen and oxygen atoms in total. The molecule has 0 aliphatic heterocycles. The van der Waals surface area contributed by atoms with E-state index in [0.717, 1.165) is 7.11 Å². The molecule has 0 aromatic rings. The largest absolute Gasteiger partial charge is 4.00 e. The number of carbonyl (C=O) groups excluding carboxylic acids is 2. The zero-order valence-corrected chi connectivity index (χ0v) is 8.39. The Labute approximate surface area is 78.1 Å². The molecule has 0 saturated carbocycles. The van der Waals surface area contributed by atoms with Crippen LogP contribution in [0.15, 0.2) is 0 Å².